The second-order valence-corrected chi connectivity index (χ2v) is 12.8. The number of anilines is 3. The molecule has 1 aromatic heterocycles. The Morgan fingerprint density at radius 1 is 0.531 bits per heavy atom. The lowest BCUT2D eigenvalue weighted by Crippen LogP contribution is -2.32. The lowest BCUT2D eigenvalue weighted by Gasteiger charge is -2.27. The van der Waals surface area contributed by atoms with Gasteiger partial charge in [-0.25, -0.2) is 0 Å². The van der Waals surface area contributed by atoms with Crippen molar-refractivity contribution in [3.8, 4) is 28.0 Å². The van der Waals surface area contributed by atoms with Crippen LogP contribution in [0.4, 0.5) is 17.1 Å². The summed E-state index contributed by atoms with van der Waals surface area (Å²) < 4.78 is 13.2. The van der Waals surface area contributed by atoms with Crippen molar-refractivity contribution in [1.29, 1.82) is 0 Å². The Kier molecular flexibility index (Phi) is 6.31. The molecule has 49 heavy (non-hydrogen) atoms. The minimum atomic E-state index is -0.00750. The van der Waals surface area contributed by atoms with Crippen LogP contribution in [0.1, 0.15) is 12.0 Å². The molecule has 0 saturated heterocycles. The fraction of sp³-hybridized carbons (Fsp3) is 0.0435. The maximum atomic E-state index is 6.78. The van der Waals surface area contributed by atoms with Gasteiger partial charge in [0.2, 0.25) is 0 Å². The zero-order chi connectivity index (χ0) is 32.3. The van der Waals surface area contributed by atoms with E-state index in [-0.39, 0.29) is 6.10 Å². The van der Waals surface area contributed by atoms with Gasteiger partial charge in [-0.15, -0.1) is 0 Å². The second kappa shape index (κ2) is 11.1. The van der Waals surface area contributed by atoms with Crippen molar-refractivity contribution in [2.24, 2.45) is 0 Å². The molecule has 0 amide bonds. The predicted molar refractivity (Wildman–Crippen MR) is 201 cm³/mol. The van der Waals surface area contributed by atoms with Crippen molar-refractivity contribution in [3.63, 3.8) is 0 Å². The summed E-state index contributed by atoms with van der Waals surface area (Å²) in [7, 11) is 0. The summed E-state index contributed by atoms with van der Waals surface area (Å²) >= 11 is 0. The molecule has 1 unspecified atom stereocenters. The second-order valence-electron chi connectivity index (χ2n) is 12.8. The Hall–Kier alpha value is -6.32. The van der Waals surface area contributed by atoms with Crippen molar-refractivity contribution in [1.82, 2.24) is 0 Å². The van der Waals surface area contributed by atoms with E-state index in [0.29, 0.717) is 0 Å². The van der Waals surface area contributed by atoms with Gasteiger partial charge in [-0.1, -0.05) is 127 Å². The van der Waals surface area contributed by atoms with Crippen LogP contribution in [0.25, 0.3) is 55.6 Å². The van der Waals surface area contributed by atoms with Gasteiger partial charge in [-0.05, 0) is 64.0 Å². The van der Waals surface area contributed by atoms with E-state index in [1.54, 1.807) is 0 Å². The molecular formula is C46H31NO2. The molecule has 0 spiro atoms. The Morgan fingerprint density at radius 2 is 1.08 bits per heavy atom. The Labute approximate surface area is 284 Å². The maximum Gasteiger partial charge on any atom is 0.138 e. The van der Waals surface area contributed by atoms with E-state index in [2.05, 4.69) is 169 Å². The summed E-state index contributed by atoms with van der Waals surface area (Å²) in [6.07, 6.45) is 2.98. The van der Waals surface area contributed by atoms with Crippen LogP contribution in [0.5, 0.6) is 5.75 Å². The maximum absolute atomic E-state index is 6.78. The lowest BCUT2D eigenvalue weighted by molar-refractivity contribution is 0.281. The van der Waals surface area contributed by atoms with Crippen LogP contribution in [0.2, 0.25) is 0 Å². The smallest absolute Gasteiger partial charge is 0.138 e. The Morgan fingerprint density at radius 3 is 1.73 bits per heavy atom. The molecule has 2 heterocycles. The van der Waals surface area contributed by atoms with Crippen LogP contribution >= 0.6 is 0 Å². The number of ether oxygens (including phenoxy) is 1. The number of para-hydroxylation sites is 1. The molecule has 0 fully saturated rings. The largest absolute Gasteiger partial charge is 0.485 e. The fourth-order valence-electron chi connectivity index (χ4n) is 7.71. The standard InChI is InChI=1S/C46H31NO2/c1-3-11-30(12-4-1)32-19-23-34(24-20-32)47(35-25-21-33(22-26-35)31-13-5-2-6-14-31)39-29-43-44(37-16-8-7-15-36(37)39)46-42(49-43)28-27-41-45(46)38-17-9-10-18-40(38)48-41/h1-26,28-29,41H,27H2. The van der Waals surface area contributed by atoms with Gasteiger partial charge in [0, 0.05) is 51.0 Å². The quantitative estimate of drug-likeness (QED) is 0.189. The minimum Gasteiger partial charge on any atom is -0.485 e. The Balaban J connectivity index is 1.21. The molecule has 3 nitrogen and oxygen atoms in total. The monoisotopic (exact) mass is 629 g/mol. The SMILES string of the molecule is C1=c2oc3cc(N(c4ccc(-c5ccccc5)cc4)c4ccc(-c5ccccc5)cc4)c4ccccc4c3c2=C2c3ccccc3OC2C1. The number of hydrogen-bond donors (Lipinski definition) is 0. The molecule has 0 N–H and O–H groups in total. The summed E-state index contributed by atoms with van der Waals surface area (Å²) in [5.41, 5.74) is 12.2. The van der Waals surface area contributed by atoms with Crippen molar-refractivity contribution >= 4 is 50.5 Å². The number of rotatable bonds is 5. The minimum absolute atomic E-state index is 0.00750. The average Bonchev–Trinajstić information content (AvgIpc) is 3.74. The number of benzene rings is 7. The first-order valence-electron chi connectivity index (χ1n) is 16.9. The zero-order valence-corrected chi connectivity index (χ0v) is 26.7. The average molecular weight is 630 g/mol. The van der Waals surface area contributed by atoms with Crippen molar-refractivity contribution in [2.45, 2.75) is 12.5 Å². The molecule has 0 bridgehead atoms. The zero-order valence-electron chi connectivity index (χ0n) is 26.7. The molecule has 2 aliphatic rings. The summed E-state index contributed by atoms with van der Waals surface area (Å²) in [5.74, 6) is 0.947. The summed E-state index contributed by atoms with van der Waals surface area (Å²) in [4.78, 5) is 2.36. The summed E-state index contributed by atoms with van der Waals surface area (Å²) in [6, 6.07) is 58.2. The summed E-state index contributed by atoms with van der Waals surface area (Å²) in [5, 5.41) is 4.62. The van der Waals surface area contributed by atoms with Gasteiger partial charge in [-0.3, -0.25) is 0 Å². The van der Waals surface area contributed by atoms with E-state index in [4.69, 9.17) is 9.15 Å². The normalized spacial score (nSPS) is 14.5. The van der Waals surface area contributed by atoms with Crippen LogP contribution < -0.4 is 20.3 Å². The highest BCUT2D eigenvalue weighted by molar-refractivity contribution is 6.14. The van der Waals surface area contributed by atoms with E-state index >= 15 is 0 Å². The fourth-order valence-corrected chi connectivity index (χ4v) is 7.71. The van der Waals surface area contributed by atoms with Crippen LogP contribution in [-0.2, 0) is 0 Å². The summed E-state index contributed by atoms with van der Waals surface area (Å²) in [6.45, 7) is 0. The molecule has 10 rings (SSSR count). The van der Waals surface area contributed by atoms with E-state index in [1.807, 2.05) is 6.07 Å². The third-order valence-corrected chi connectivity index (χ3v) is 9.96. The first-order valence-corrected chi connectivity index (χ1v) is 16.9. The predicted octanol–water partition coefficient (Wildman–Crippen LogP) is 10.5. The highest BCUT2D eigenvalue weighted by Crippen LogP contribution is 2.44. The first-order chi connectivity index (χ1) is 24.3. The van der Waals surface area contributed by atoms with Gasteiger partial charge < -0.3 is 14.1 Å². The molecule has 3 heteroatoms. The van der Waals surface area contributed by atoms with Crippen LogP contribution in [0, 0.1) is 0 Å². The van der Waals surface area contributed by atoms with E-state index in [9.17, 15) is 0 Å². The van der Waals surface area contributed by atoms with Crippen LogP contribution in [0.3, 0.4) is 0 Å². The number of furan rings is 1. The molecule has 7 aromatic carbocycles. The van der Waals surface area contributed by atoms with Gasteiger partial charge in [0.25, 0.3) is 0 Å². The van der Waals surface area contributed by atoms with Crippen LogP contribution in [-0.4, -0.2) is 6.10 Å². The highest BCUT2D eigenvalue weighted by atomic mass is 16.5. The molecule has 8 aromatic rings. The van der Waals surface area contributed by atoms with Gasteiger partial charge in [0.1, 0.15) is 22.9 Å². The third-order valence-electron chi connectivity index (χ3n) is 9.96. The third kappa shape index (κ3) is 4.51. The van der Waals surface area contributed by atoms with Crippen LogP contribution in [0.15, 0.2) is 168 Å². The van der Waals surface area contributed by atoms with Crippen molar-refractivity contribution in [2.75, 3.05) is 4.90 Å². The topological polar surface area (TPSA) is 25.6 Å². The number of fused-ring (bicyclic) bond motifs is 8. The molecule has 1 aliphatic carbocycles. The highest BCUT2D eigenvalue weighted by Gasteiger charge is 2.32. The molecule has 232 valence electrons. The molecule has 0 saturated carbocycles. The van der Waals surface area contributed by atoms with Crippen molar-refractivity contribution in [3.05, 3.63) is 180 Å². The molecule has 0 radical (unpaired) electrons. The van der Waals surface area contributed by atoms with E-state index < -0.39 is 0 Å². The van der Waals surface area contributed by atoms with Gasteiger partial charge in [-0.2, -0.15) is 0 Å². The van der Waals surface area contributed by atoms with E-state index in [1.165, 1.54) is 27.8 Å². The van der Waals surface area contributed by atoms with Gasteiger partial charge in [0.15, 0.2) is 0 Å². The molecular weight excluding hydrogens is 599 g/mol. The van der Waals surface area contributed by atoms with Gasteiger partial charge in [0.05, 0.1) is 5.69 Å². The Bertz CT molecular complexity index is 2560. The van der Waals surface area contributed by atoms with E-state index in [0.717, 1.165) is 67.2 Å². The van der Waals surface area contributed by atoms with Crippen molar-refractivity contribution < 1.29 is 9.15 Å². The molecule has 1 aliphatic heterocycles. The number of hydrogen-bond acceptors (Lipinski definition) is 3. The molecule has 1 atom stereocenters. The first kappa shape index (κ1) is 27.8. The van der Waals surface area contributed by atoms with Gasteiger partial charge >= 0.3 is 0 Å². The lowest BCUT2D eigenvalue weighted by atomic mass is 9.92. The number of nitrogens with zero attached hydrogens (tertiary/aromatic N) is 1.